The molecule has 1 rings (SSSR count). The number of hydrogen-bond donors (Lipinski definition) is 2. The topological polar surface area (TPSA) is 35.5 Å². The predicted molar refractivity (Wildman–Crippen MR) is 62.9 cm³/mol. The van der Waals surface area contributed by atoms with E-state index in [0.717, 1.165) is 38.4 Å². The summed E-state index contributed by atoms with van der Waals surface area (Å²) in [5.41, 5.74) is 0. The zero-order valence-electron chi connectivity index (χ0n) is 9.04. The second-order valence-corrected chi connectivity index (χ2v) is 4.74. The van der Waals surface area contributed by atoms with Crippen LogP contribution in [-0.4, -0.2) is 60.8 Å². The monoisotopic (exact) mass is 218 g/mol. The fourth-order valence-electron chi connectivity index (χ4n) is 1.87. The Hall–Kier alpha value is 0.230. The van der Waals surface area contributed by atoms with Gasteiger partial charge in [0.05, 0.1) is 6.61 Å². The van der Waals surface area contributed by atoms with Crippen LogP contribution in [0.2, 0.25) is 0 Å². The minimum Gasteiger partial charge on any atom is -0.395 e. The van der Waals surface area contributed by atoms with Gasteiger partial charge in [-0.05, 0) is 37.9 Å². The molecule has 1 aliphatic rings. The van der Waals surface area contributed by atoms with E-state index in [4.69, 9.17) is 0 Å². The molecule has 0 aromatic rings. The lowest BCUT2D eigenvalue weighted by Gasteiger charge is -2.28. The largest absolute Gasteiger partial charge is 0.395 e. The highest BCUT2D eigenvalue weighted by atomic mass is 32.2. The smallest absolute Gasteiger partial charge is 0.0587 e. The maximum Gasteiger partial charge on any atom is 0.0587 e. The Morgan fingerprint density at radius 2 is 2.29 bits per heavy atom. The van der Waals surface area contributed by atoms with E-state index in [0.29, 0.717) is 12.6 Å². The molecule has 1 heterocycles. The molecule has 0 bridgehead atoms. The van der Waals surface area contributed by atoms with E-state index < -0.39 is 0 Å². The van der Waals surface area contributed by atoms with Crippen LogP contribution < -0.4 is 5.32 Å². The molecule has 14 heavy (non-hydrogen) atoms. The van der Waals surface area contributed by atoms with E-state index in [1.54, 1.807) is 0 Å². The minimum atomic E-state index is 0.306. The summed E-state index contributed by atoms with van der Waals surface area (Å²) in [6.07, 6.45) is 4.44. The molecule has 0 aliphatic carbocycles. The molecule has 1 fully saturated rings. The Labute approximate surface area is 91.2 Å². The van der Waals surface area contributed by atoms with Gasteiger partial charge in [-0.15, -0.1) is 0 Å². The molecule has 1 atom stereocenters. The van der Waals surface area contributed by atoms with Crippen molar-refractivity contribution in [3.63, 3.8) is 0 Å². The number of aliphatic hydroxyl groups is 1. The summed E-state index contributed by atoms with van der Waals surface area (Å²) in [6.45, 7) is 4.71. The molecule has 0 amide bonds. The zero-order chi connectivity index (χ0) is 10.2. The number of thioether (sulfide) groups is 1. The van der Waals surface area contributed by atoms with Crippen molar-refractivity contribution in [2.75, 3.05) is 44.8 Å². The first-order valence-electron chi connectivity index (χ1n) is 5.43. The van der Waals surface area contributed by atoms with Crippen LogP contribution in [0.4, 0.5) is 0 Å². The van der Waals surface area contributed by atoms with Gasteiger partial charge in [0.2, 0.25) is 0 Å². The van der Waals surface area contributed by atoms with Crippen LogP contribution in [0, 0.1) is 0 Å². The van der Waals surface area contributed by atoms with Crippen molar-refractivity contribution < 1.29 is 5.11 Å². The quantitative estimate of drug-likeness (QED) is 0.700. The highest BCUT2D eigenvalue weighted by Crippen LogP contribution is 2.09. The first-order valence-corrected chi connectivity index (χ1v) is 6.82. The standard InChI is InChI=1S/C10H22N2OS/c1-14-8-3-10(9-13)12-6-2-4-11-5-7-12/h10-11,13H,2-9H2,1H3. The second kappa shape index (κ2) is 7.51. The van der Waals surface area contributed by atoms with Crippen LogP contribution in [0.3, 0.4) is 0 Å². The molecule has 0 spiro atoms. The fraction of sp³-hybridized carbons (Fsp3) is 1.00. The predicted octanol–water partition coefficient (Wildman–Crippen LogP) is 0.396. The van der Waals surface area contributed by atoms with E-state index in [2.05, 4.69) is 16.5 Å². The molecule has 3 nitrogen and oxygen atoms in total. The third-order valence-electron chi connectivity index (χ3n) is 2.76. The zero-order valence-corrected chi connectivity index (χ0v) is 9.85. The number of aliphatic hydroxyl groups excluding tert-OH is 1. The molecule has 0 aromatic heterocycles. The molecule has 84 valence electrons. The third-order valence-corrected chi connectivity index (χ3v) is 3.40. The van der Waals surface area contributed by atoms with Crippen LogP contribution in [0.1, 0.15) is 12.8 Å². The van der Waals surface area contributed by atoms with Gasteiger partial charge in [0.1, 0.15) is 0 Å². The van der Waals surface area contributed by atoms with Gasteiger partial charge in [-0.1, -0.05) is 0 Å². The number of nitrogens with zero attached hydrogens (tertiary/aromatic N) is 1. The van der Waals surface area contributed by atoms with E-state index in [9.17, 15) is 5.11 Å². The van der Waals surface area contributed by atoms with Gasteiger partial charge in [-0.25, -0.2) is 0 Å². The van der Waals surface area contributed by atoms with Crippen molar-refractivity contribution >= 4 is 11.8 Å². The van der Waals surface area contributed by atoms with Gasteiger partial charge >= 0.3 is 0 Å². The Kier molecular flexibility index (Phi) is 6.60. The second-order valence-electron chi connectivity index (χ2n) is 3.76. The molecule has 4 heteroatoms. The van der Waals surface area contributed by atoms with Crippen molar-refractivity contribution in [3.8, 4) is 0 Å². The summed E-state index contributed by atoms with van der Waals surface area (Å²) in [6, 6.07) is 0.377. The van der Waals surface area contributed by atoms with Gasteiger partial charge in [-0.3, -0.25) is 4.90 Å². The van der Waals surface area contributed by atoms with Crippen molar-refractivity contribution in [1.82, 2.24) is 10.2 Å². The van der Waals surface area contributed by atoms with Gasteiger partial charge in [0.15, 0.2) is 0 Å². The lowest BCUT2D eigenvalue weighted by atomic mass is 10.2. The molecule has 2 N–H and O–H groups in total. The molecular weight excluding hydrogens is 196 g/mol. The maximum absolute atomic E-state index is 9.33. The first kappa shape index (κ1) is 12.3. The van der Waals surface area contributed by atoms with Crippen LogP contribution in [-0.2, 0) is 0 Å². The normalized spacial score (nSPS) is 21.9. The number of hydrogen-bond acceptors (Lipinski definition) is 4. The third kappa shape index (κ3) is 4.17. The van der Waals surface area contributed by atoms with Gasteiger partial charge in [0, 0.05) is 19.1 Å². The van der Waals surface area contributed by atoms with E-state index >= 15 is 0 Å². The molecule has 1 unspecified atom stereocenters. The molecule has 1 aliphatic heterocycles. The molecule has 0 radical (unpaired) electrons. The fourth-order valence-corrected chi connectivity index (χ4v) is 2.38. The van der Waals surface area contributed by atoms with Gasteiger partial charge in [-0.2, -0.15) is 11.8 Å². The lowest BCUT2D eigenvalue weighted by molar-refractivity contribution is 0.127. The Morgan fingerprint density at radius 3 is 3.00 bits per heavy atom. The van der Waals surface area contributed by atoms with Gasteiger partial charge < -0.3 is 10.4 Å². The minimum absolute atomic E-state index is 0.306. The molecule has 0 saturated carbocycles. The Balaban J connectivity index is 2.32. The van der Waals surface area contributed by atoms with Crippen molar-refractivity contribution in [2.45, 2.75) is 18.9 Å². The van der Waals surface area contributed by atoms with Crippen molar-refractivity contribution in [3.05, 3.63) is 0 Å². The average Bonchev–Trinajstić information content (AvgIpc) is 2.48. The summed E-state index contributed by atoms with van der Waals surface area (Å²) in [4.78, 5) is 2.43. The summed E-state index contributed by atoms with van der Waals surface area (Å²) < 4.78 is 0. The van der Waals surface area contributed by atoms with E-state index in [1.807, 2.05) is 11.8 Å². The van der Waals surface area contributed by atoms with Crippen LogP contribution in [0.25, 0.3) is 0 Å². The SMILES string of the molecule is CSCCC(CO)N1CCCNCC1. The Morgan fingerprint density at radius 1 is 1.43 bits per heavy atom. The van der Waals surface area contributed by atoms with Gasteiger partial charge in [0.25, 0.3) is 0 Å². The summed E-state index contributed by atoms with van der Waals surface area (Å²) >= 11 is 1.86. The highest BCUT2D eigenvalue weighted by molar-refractivity contribution is 7.98. The Bertz CT molecular complexity index is 138. The van der Waals surface area contributed by atoms with E-state index in [-0.39, 0.29) is 0 Å². The van der Waals surface area contributed by atoms with Crippen LogP contribution >= 0.6 is 11.8 Å². The number of rotatable bonds is 5. The van der Waals surface area contributed by atoms with Crippen LogP contribution in [0.15, 0.2) is 0 Å². The molecule has 0 aromatic carbocycles. The highest BCUT2D eigenvalue weighted by Gasteiger charge is 2.17. The number of nitrogens with one attached hydrogen (secondary N) is 1. The summed E-state index contributed by atoms with van der Waals surface area (Å²) in [5.74, 6) is 1.15. The van der Waals surface area contributed by atoms with Crippen molar-refractivity contribution in [2.24, 2.45) is 0 Å². The summed E-state index contributed by atoms with van der Waals surface area (Å²) in [5, 5.41) is 12.7. The lowest BCUT2D eigenvalue weighted by Crippen LogP contribution is -2.40. The summed E-state index contributed by atoms with van der Waals surface area (Å²) in [7, 11) is 0. The average molecular weight is 218 g/mol. The molecular formula is C10H22N2OS. The van der Waals surface area contributed by atoms with E-state index in [1.165, 1.54) is 6.42 Å². The van der Waals surface area contributed by atoms with Crippen LogP contribution in [0.5, 0.6) is 0 Å². The van der Waals surface area contributed by atoms with Crippen molar-refractivity contribution in [1.29, 1.82) is 0 Å². The molecule has 1 saturated heterocycles. The maximum atomic E-state index is 9.33. The first-order chi connectivity index (χ1) is 6.88.